The fraction of sp³-hybridized carbons (Fsp3) is 0.421. The molecule has 1 aromatic carbocycles. The first-order valence-electron chi connectivity index (χ1n) is 8.50. The summed E-state index contributed by atoms with van der Waals surface area (Å²) in [6.07, 6.45) is 2.96. The normalized spacial score (nSPS) is 17.8. The third-order valence-corrected chi connectivity index (χ3v) is 4.66. The summed E-state index contributed by atoms with van der Waals surface area (Å²) in [5, 5.41) is 3.49. The summed E-state index contributed by atoms with van der Waals surface area (Å²) in [5.41, 5.74) is 4.31. The molecule has 136 valence electrons. The zero-order valence-electron chi connectivity index (χ0n) is 14.7. The number of aromatic amines is 1. The van der Waals surface area contributed by atoms with Gasteiger partial charge in [0, 0.05) is 38.4 Å². The minimum atomic E-state index is -0.326. The zero-order chi connectivity index (χ0) is 16.9. The summed E-state index contributed by atoms with van der Waals surface area (Å²) < 4.78 is 4.76. The Bertz CT molecular complexity index is 684. The Kier molecular flexibility index (Phi) is 7.05. The molecule has 2 aromatic rings. The summed E-state index contributed by atoms with van der Waals surface area (Å²) in [7, 11) is 1.40. The highest BCUT2D eigenvalue weighted by atomic mass is 35.5. The standard InChI is InChI=1S/C19H25N3O2.ClH/c1-3-14-4-6-16(7-5-14)18-12-20-8-9-22(18)13-15-10-17(21-11-15)19(23)24-2;/h4-7,10-11,18,20-21H,3,8-9,12-13H2,1-2H3;1H. The number of rotatable bonds is 5. The van der Waals surface area contributed by atoms with Gasteiger partial charge in [0.05, 0.1) is 7.11 Å². The molecule has 0 amide bonds. The van der Waals surface area contributed by atoms with E-state index in [9.17, 15) is 4.79 Å². The molecule has 2 heterocycles. The maximum atomic E-state index is 11.6. The van der Waals surface area contributed by atoms with Crippen LogP contribution in [0.3, 0.4) is 0 Å². The van der Waals surface area contributed by atoms with Gasteiger partial charge in [-0.25, -0.2) is 4.79 Å². The van der Waals surface area contributed by atoms with Gasteiger partial charge < -0.3 is 15.0 Å². The van der Waals surface area contributed by atoms with Crippen molar-refractivity contribution < 1.29 is 9.53 Å². The first-order valence-corrected chi connectivity index (χ1v) is 8.50. The number of piperazine rings is 1. The van der Waals surface area contributed by atoms with Crippen molar-refractivity contribution in [2.75, 3.05) is 26.7 Å². The molecule has 1 aliphatic rings. The van der Waals surface area contributed by atoms with Crippen molar-refractivity contribution in [3.8, 4) is 0 Å². The third kappa shape index (κ3) is 4.63. The predicted octanol–water partition coefficient (Wildman–Crippen LogP) is 2.93. The van der Waals surface area contributed by atoms with E-state index in [1.165, 1.54) is 18.2 Å². The van der Waals surface area contributed by atoms with E-state index in [1.54, 1.807) is 0 Å². The molecule has 0 bridgehead atoms. The minimum absolute atomic E-state index is 0. The molecule has 25 heavy (non-hydrogen) atoms. The first kappa shape index (κ1) is 19.5. The second-order valence-electron chi connectivity index (χ2n) is 6.20. The van der Waals surface area contributed by atoms with E-state index in [0.717, 1.165) is 38.2 Å². The van der Waals surface area contributed by atoms with Crippen molar-refractivity contribution >= 4 is 18.4 Å². The second-order valence-corrected chi connectivity index (χ2v) is 6.20. The highest BCUT2D eigenvalue weighted by Gasteiger charge is 2.24. The molecular weight excluding hydrogens is 338 g/mol. The molecule has 0 radical (unpaired) electrons. The molecule has 1 atom stereocenters. The molecule has 6 heteroatoms. The third-order valence-electron chi connectivity index (χ3n) is 4.66. The van der Waals surface area contributed by atoms with E-state index in [-0.39, 0.29) is 18.4 Å². The summed E-state index contributed by atoms with van der Waals surface area (Å²) in [6.45, 7) is 5.90. The molecule has 2 N–H and O–H groups in total. The van der Waals surface area contributed by atoms with Crippen LogP contribution < -0.4 is 5.32 Å². The Morgan fingerprint density at radius 3 is 2.72 bits per heavy atom. The van der Waals surface area contributed by atoms with Gasteiger partial charge in [-0.15, -0.1) is 12.4 Å². The number of H-pyrrole nitrogens is 1. The van der Waals surface area contributed by atoms with Crippen molar-refractivity contribution in [1.82, 2.24) is 15.2 Å². The number of esters is 1. The van der Waals surface area contributed by atoms with Crippen molar-refractivity contribution in [3.63, 3.8) is 0 Å². The van der Waals surface area contributed by atoms with E-state index in [2.05, 4.69) is 46.4 Å². The van der Waals surface area contributed by atoms with Crippen LogP contribution in [-0.2, 0) is 17.7 Å². The summed E-state index contributed by atoms with van der Waals surface area (Å²) >= 11 is 0. The molecule has 1 saturated heterocycles. The number of hydrogen-bond acceptors (Lipinski definition) is 4. The number of carbonyl (C=O) groups is 1. The van der Waals surface area contributed by atoms with Crippen LogP contribution in [0.25, 0.3) is 0 Å². The molecule has 1 aromatic heterocycles. The number of methoxy groups -OCH3 is 1. The number of aromatic nitrogens is 1. The molecule has 0 spiro atoms. The van der Waals surface area contributed by atoms with Crippen LogP contribution in [0.5, 0.6) is 0 Å². The lowest BCUT2D eigenvalue weighted by molar-refractivity contribution is 0.0594. The van der Waals surface area contributed by atoms with Gasteiger partial charge in [0.2, 0.25) is 0 Å². The molecule has 1 unspecified atom stereocenters. The van der Waals surface area contributed by atoms with E-state index in [4.69, 9.17) is 4.74 Å². The van der Waals surface area contributed by atoms with Crippen LogP contribution >= 0.6 is 12.4 Å². The highest BCUT2D eigenvalue weighted by molar-refractivity contribution is 5.87. The fourth-order valence-corrected chi connectivity index (χ4v) is 3.23. The van der Waals surface area contributed by atoms with Crippen LogP contribution in [0.2, 0.25) is 0 Å². The van der Waals surface area contributed by atoms with Gasteiger partial charge in [0.1, 0.15) is 5.69 Å². The number of carbonyl (C=O) groups excluding carboxylic acids is 1. The van der Waals surface area contributed by atoms with Gasteiger partial charge in [-0.05, 0) is 29.2 Å². The van der Waals surface area contributed by atoms with Crippen molar-refractivity contribution in [2.24, 2.45) is 0 Å². The lowest BCUT2D eigenvalue weighted by Crippen LogP contribution is -2.45. The lowest BCUT2D eigenvalue weighted by atomic mass is 10.0. The lowest BCUT2D eigenvalue weighted by Gasteiger charge is -2.36. The Morgan fingerprint density at radius 1 is 1.28 bits per heavy atom. The van der Waals surface area contributed by atoms with Crippen LogP contribution in [0.15, 0.2) is 36.5 Å². The number of halogens is 1. The molecule has 1 aliphatic heterocycles. The minimum Gasteiger partial charge on any atom is -0.464 e. The number of benzene rings is 1. The van der Waals surface area contributed by atoms with Gasteiger partial charge in [0.15, 0.2) is 0 Å². The number of nitrogens with one attached hydrogen (secondary N) is 2. The van der Waals surface area contributed by atoms with E-state index in [1.807, 2.05) is 12.3 Å². The van der Waals surface area contributed by atoms with Gasteiger partial charge in [0.25, 0.3) is 0 Å². The Hall–Kier alpha value is -1.82. The van der Waals surface area contributed by atoms with Crippen molar-refractivity contribution in [1.29, 1.82) is 0 Å². The molecular formula is C19H26ClN3O2. The predicted molar refractivity (Wildman–Crippen MR) is 101 cm³/mol. The van der Waals surface area contributed by atoms with E-state index < -0.39 is 0 Å². The highest BCUT2D eigenvalue weighted by Crippen LogP contribution is 2.25. The van der Waals surface area contributed by atoms with Gasteiger partial charge in [-0.3, -0.25) is 4.90 Å². The second kappa shape index (κ2) is 9.04. The fourth-order valence-electron chi connectivity index (χ4n) is 3.23. The SMILES string of the molecule is CCc1ccc(C2CNCCN2Cc2c[nH]c(C(=O)OC)c2)cc1.Cl. The van der Waals surface area contributed by atoms with Crippen LogP contribution in [0.1, 0.15) is 40.1 Å². The summed E-state index contributed by atoms with van der Waals surface area (Å²) in [6, 6.07) is 11.1. The van der Waals surface area contributed by atoms with Gasteiger partial charge in [-0.2, -0.15) is 0 Å². The van der Waals surface area contributed by atoms with Crippen LogP contribution in [0.4, 0.5) is 0 Å². The Balaban J connectivity index is 0.00000225. The molecule has 0 aliphatic carbocycles. The maximum absolute atomic E-state index is 11.6. The van der Waals surface area contributed by atoms with Crippen molar-refractivity contribution in [2.45, 2.75) is 25.9 Å². The van der Waals surface area contributed by atoms with E-state index >= 15 is 0 Å². The smallest absolute Gasteiger partial charge is 0.354 e. The largest absolute Gasteiger partial charge is 0.464 e. The summed E-state index contributed by atoms with van der Waals surface area (Å²) in [5.74, 6) is -0.326. The number of hydrogen-bond donors (Lipinski definition) is 2. The average Bonchev–Trinajstić information content (AvgIpc) is 3.10. The molecule has 5 nitrogen and oxygen atoms in total. The number of ether oxygens (including phenoxy) is 1. The molecule has 0 saturated carbocycles. The van der Waals surface area contributed by atoms with Crippen LogP contribution in [0, 0.1) is 0 Å². The topological polar surface area (TPSA) is 57.4 Å². The van der Waals surface area contributed by atoms with E-state index in [0.29, 0.717) is 11.7 Å². The first-order chi connectivity index (χ1) is 11.7. The number of aryl methyl sites for hydroxylation is 1. The average molecular weight is 364 g/mol. The Labute approximate surface area is 155 Å². The zero-order valence-corrected chi connectivity index (χ0v) is 15.6. The molecule has 1 fully saturated rings. The maximum Gasteiger partial charge on any atom is 0.354 e. The summed E-state index contributed by atoms with van der Waals surface area (Å²) in [4.78, 5) is 17.0. The quantitative estimate of drug-likeness (QED) is 0.802. The van der Waals surface area contributed by atoms with Gasteiger partial charge >= 0.3 is 5.97 Å². The van der Waals surface area contributed by atoms with Crippen molar-refractivity contribution in [3.05, 3.63) is 58.9 Å². The monoisotopic (exact) mass is 363 g/mol. The molecule has 3 rings (SSSR count). The number of nitrogens with zero attached hydrogens (tertiary/aromatic N) is 1. The van der Waals surface area contributed by atoms with Crippen LogP contribution in [-0.4, -0.2) is 42.6 Å². The van der Waals surface area contributed by atoms with Gasteiger partial charge in [-0.1, -0.05) is 31.2 Å². The Morgan fingerprint density at radius 2 is 2.04 bits per heavy atom.